The van der Waals surface area contributed by atoms with Gasteiger partial charge in [0.25, 0.3) is 0 Å². The minimum absolute atomic E-state index is 0. The molecular formula is C23H28ClNO2. The van der Waals surface area contributed by atoms with Gasteiger partial charge in [0.2, 0.25) is 0 Å². The average molecular weight is 386 g/mol. The molecule has 2 aliphatic heterocycles. The molecule has 1 unspecified atom stereocenters. The van der Waals surface area contributed by atoms with Crippen LogP contribution in [0.3, 0.4) is 0 Å². The van der Waals surface area contributed by atoms with E-state index in [0.29, 0.717) is 0 Å². The van der Waals surface area contributed by atoms with Crippen molar-refractivity contribution in [1.82, 2.24) is 4.90 Å². The molecule has 2 aromatic rings. The van der Waals surface area contributed by atoms with E-state index in [4.69, 9.17) is 9.47 Å². The highest BCUT2D eigenvalue weighted by atomic mass is 35.5. The van der Waals surface area contributed by atoms with Crippen LogP contribution in [0.4, 0.5) is 0 Å². The second-order valence-electron chi connectivity index (χ2n) is 7.11. The van der Waals surface area contributed by atoms with Gasteiger partial charge in [-0.3, -0.25) is 4.90 Å². The van der Waals surface area contributed by atoms with Crippen LogP contribution in [-0.4, -0.2) is 38.3 Å². The summed E-state index contributed by atoms with van der Waals surface area (Å²) >= 11 is 0. The molecule has 1 atom stereocenters. The highest BCUT2D eigenvalue weighted by Gasteiger charge is 2.21. The smallest absolute Gasteiger partial charge is 0.118 e. The van der Waals surface area contributed by atoms with Gasteiger partial charge in [-0.2, -0.15) is 0 Å². The van der Waals surface area contributed by atoms with Gasteiger partial charge in [-0.15, -0.1) is 12.4 Å². The topological polar surface area (TPSA) is 21.7 Å². The van der Waals surface area contributed by atoms with E-state index >= 15 is 0 Å². The van der Waals surface area contributed by atoms with Crippen LogP contribution in [0, 0.1) is 0 Å². The van der Waals surface area contributed by atoms with E-state index in [2.05, 4.69) is 47.4 Å². The molecule has 0 fully saturated rings. The molecule has 0 saturated heterocycles. The van der Waals surface area contributed by atoms with Crippen molar-refractivity contribution in [3.63, 3.8) is 0 Å². The van der Waals surface area contributed by atoms with Crippen LogP contribution in [0.25, 0.3) is 5.57 Å². The fourth-order valence-electron chi connectivity index (χ4n) is 4.00. The maximum atomic E-state index is 6.05. The lowest BCUT2D eigenvalue weighted by molar-refractivity contribution is 0.0300. The predicted molar refractivity (Wildman–Crippen MR) is 113 cm³/mol. The molecule has 2 heterocycles. The molecular weight excluding hydrogens is 358 g/mol. The van der Waals surface area contributed by atoms with Crippen LogP contribution >= 0.6 is 12.4 Å². The summed E-state index contributed by atoms with van der Waals surface area (Å²) in [5, 5.41) is 0. The predicted octanol–water partition coefficient (Wildman–Crippen LogP) is 4.91. The molecule has 0 aliphatic carbocycles. The molecule has 4 rings (SSSR count). The molecule has 0 spiro atoms. The van der Waals surface area contributed by atoms with E-state index < -0.39 is 0 Å². The molecule has 0 radical (unpaired) electrons. The van der Waals surface area contributed by atoms with Gasteiger partial charge in [-0.05, 0) is 53.7 Å². The Labute approximate surface area is 168 Å². The minimum atomic E-state index is 0. The van der Waals surface area contributed by atoms with Crippen molar-refractivity contribution in [3.8, 4) is 5.75 Å². The first-order chi connectivity index (χ1) is 12.8. The van der Waals surface area contributed by atoms with Gasteiger partial charge in [-0.1, -0.05) is 42.5 Å². The number of hydrogen-bond donors (Lipinski definition) is 0. The van der Waals surface area contributed by atoms with Crippen LogP contribution in [0.15, 0.2) is 54.6 Å². The van der Waals surface area contributed by atoms with Gasteiger partial charge in [0.05, 0.1) is 19.8 Å². The van der Waals surface area contributed by atoms with Gasteiger partial charge in [-0.25, -0.2) is 0 Å². The summed E-state index contributed by atoms with van der Waals surface area (Å²) in [7, 11) is 1.71. The number of benzene rings is 2. The van der Waals surface area contributed by atoms with E-state index in [0.717, 1.165) is 51.3 Å². The van der Waals surface area contributed by atoms with Crippen molar-refractivity contribution < 1.29 is 9.47 Å². The Hall–Kier alpha value is -1.81. The van der Waals surface area contributed by atoms with Gasteiger partial charge in [0, 0.05) is 19.6 Å². The molecule has 144 valence electrons. The molecule has 4 heteroatoms. The standard InChI is InChI=1S/C23H27NO2.ClH/c1-25-21-8-6-18(7-9-21)19-10-14-24(15-11-19)16-12-23-22-5-3-2-4-20(22)13-17-26-23;/h2-10,23H,11-17H2,1H3;1H. The summed E-state index contributed by atoms with van der Waals surface area (Å²) in [6.45, 7) is 4.08. The van der Waals surface area contributed by atoms with Crippen LogP contribution in [0.5, 0.6) is 5.75 Å². The lowest BCUT2D eigenvalue weighted by atomic mass is 9.95. The first-order valence-corrected chi connectivity index (χ1v) is 9.59. The zero-order chi connectivity index (χ0) is 17.8. The van der Waals surface area contributed by atoms with Crippen LogP contribution in [0.2, 0.25) is 0 Å². The van der Waals surface area contributed by atoms with E-state index in [1.807, 2.05) is 12.1 Å². The Morgan fingerprint density at radius 1 is 1.07 bits per heavy atom. The zero-order valence-corrected chi connectivity index (χ0v) is 16.7. The monoisotopic (exact) mass is 385 g/mol. The van der Waals surface area contributed by atoms with E-state index in [1.165, 1.54) is 22.3 Å². The highest BCUT2D eigenvalue weighted by Crippen LogP contribution is 2.30. The number of rotatable bonds is 5. The number of fused-ring (bicyclic) bond motifs is 1. The largest absolute Gasteiger partial charge is 0.497 e. The number of nitrogens with zero attached hydrogens (tertiary/aromatic N) is 1. The maximum absolute atomic E-state index is 6.05. The quantitative estimate of drug-likeness (QED) is 0.729. The highest BCUT2D eigenvalue weighted by molar-refractivity contribution is 5.85. The summed E-state index contributed by atoms with van der Waals surface area (Å²) in [5.74, 6) is 0.916. The van der Waals surface area contributed by atoms with Gasteiger partial charge in [0.15, 0.2) is 0 Å². The van der Waals surface area contributed by atoms with Crippen LogP contribution in [-0.2, 0) is 11.2 Å². The van der Waals surface area contributed by atoms with Crippen molar-refractivity contribution in [2.75, 3.05) is 33.4 Å². The van der Waals surface area contributed by atoms with Crippen molar-refractivity contribution in [3.05, 3.63) is 71.3 Å². The molecule has 0 amide bonds. The Morgan fingerprint density at radius 2 is 1.89 bits per heavy atom. The van der Waals surface area contributed by atoms with Crippen LogP contribution in [0.1, 0.15) is 35.6 Å². The Bertz CT molecular complexity index is 772. The lowest BCUT2D eigenvalue weighted by Gasteiger charge is -2.30. The van der Waals surface area contributed by atoms with Crippen molar-refractivity contribution >= 4 is 18.0 Å². The molecule has 3 nitrogen and oxygen atoms in total. The normalized spacial score (nSPS) is 19.6. The maximum Gasteiger partial charge on any atom is 0.118 e. The fraction of sp³-hybridized carbons (Fsp3) is 0.391. The second-order valence-corrected chi connectivity index (χ2v) is 7.11. The molecule has 0 saturated carbocycles. The summed E-state index contributed by atoms with van der Waals surface area (Å²) in [4.78, 5) is 2.54. The van der Waals surface area contributed by atoms with E-state index in [9.17, 15) is 0 Å². The molecule has 0 aromatic heterocycles. The van der Waals surface area contributed by atoms with Crippen LogP contribution < -0.4 is 4.74 Å². The third-order valence-electron chi connectivity index (χ3n) is 5.55. The Balaban J connectivity index is 0.00000210. The first-order valence-electron chi connectivity index (χ1n) is 9.59. The third-order valence-corrected chi connectivity index (χ3v) is 5.55. The first kappa shape index (κ1) is 19.9. The second kappa shape index (κ2) is 9.41. The molecule has 2 aliphatic rings. The number of methoxy groups -OCH3 is 1. The summed E-state index contributed by atoms with van der Waals surface area (Å²) in [6, 6.07) is 17.1. The van der Waals surface area contributed by atoms with E-state index in [-0.39, 0.29) is 18.5 Å². The average Bonchev–Trinajstić information content (AvgIpc) is 2.73. The Kier molecular flexibility index (Phi) is 6.95. The van der Waals surface area contributed by atoms with Crippen molar-refractivity contribution in [2.24, 2.45) is 0 Å². The third kappa shape index (κ3) is 4.73. The van der Waals surface area contributed by atoms with Gasteiger partial charge >= 0.3 is 0 Å². The molecule has 2 aromatic carbocycles. The minimum Gasteiger partial charge on any atom is -0.497 e. The summed E-state index contributed by atoms with van der Waals surface area (Å²) in [6.07, 6.45) is 5.86. The zero-order valence-electron chi connectivity index (χ0n) is 15.9. The number of ether oxygens (including phenoxy) is 2. The Morgan fingerprint density at radius 3 is 2.63 bits per heavy atom. The number of halogens is 1. The van der Waals surface area contributed by atoms with Gasteiger partial charge in [0.1, 0.15) is 5.75 Å². The summed E-state index contributed by atoms with van der Waals surface area (Å²) < 4.78 is 11.3. The van der Waals surface area contributed by atoms with E-state index in [1.54, 1.807) is 7.11 Å². The van der Waals surface area contributed by atoms with Crippen molar-refractivity contribution in [2.45, 2.75) is 25.4 Å². The molecule has 27 heavy (non-hydrogen) atoms. The lowest BCUT2D eigenvalue weighted by Crippen LogP contribution is -2.31. The molecule has 0 N–H and O–H groups in total. The number of hydrogen-bond acceptors (Lipinski definition) is 3. The van der Waals surface area contributed by atoms with Crippen molar-refractivity contribution in [1.29, 1.82) is 0 Å². The van der Waals surface area contributed by atoms with Gasteiger partial charge < -0.3 is 9.47 Å². The molecule has 0 bridgehead atoms. The summed E-state index contributed by atoms with van der Waals surface area (Å²) in [5.41, 5.74) is 5.62. The fourth-order valence-corrected chi connectivity index (χ4v) is 4.00. The SMILES string of the molecule is COc1ccc(C2=CCN(CCC3OCCc4ccccc43)CC2)cc1.Cl.